The lowest BCUT2D eigenvalue weighted by Gasteiger charge is -2.11. The van der Waals surface area contributed by atoms with E-state index in [2.05, 4.69) is 15.0 Å². The molecule has 0 aliphatic rings. The zero-order valence-corrected chi connectivity index (χ0v) is 13.7. The van der Waals surface area contributed by atoms with E-state index in [9.17, 15) is 9.59 Å². The van der Waals surface area contributed by atoms with Gasteiger partial charge in [0, 0.05) is 12.1 Å². The third-order valence-electron chi connectivity index (χ3n) is 3.30. The van der Waals surface area contributed by atoms with E-state index in [1.54, 1.807) is 38.5 Å². The van der Waals surface area contributed by atoms with Crippen molar-refractivity contribution in [2.24, 2.45) is 0 Å². The fourth-order valence-electron chi connectivity index (χ4n) is 2.07. The minimum Gasteiger partial charge on any atom is -0.497 e. The fraction of sp³-hybridized carbons (Fsp3) is 0.235. The van der Waals surface area contributed by atoms with Gasteiger partial charge in [0.15, 0.2) is 0 Å². The average molecular weight is 330 g/mol. The summed E-state index contributed by atoms with van der Waals surface area (Å²) in [7, 11) is 4.37. The van der Waals surface area contributed by atoms with Crippen molar-refractivity contribution in [1.82, 2.24) is 10.3 Å². The number of carbonyl (C=O) groups excluding carboxylic acids is 2. The molecule has 1 amide bonds. The lowest BCUT2D eigenvalue weighted by Crippen LogP contribution is -2.24. The molecule has 0 unspecified atom stereocenters. The molecular weight excluding hydrogens is 312 g/mol. The summed E-state index contributed by atoms with van der Waals surface area (Å²) in [5.74, 6) is 0.281. The number of amides is 1. The molecule has 0 bridgehead atoms. The summed E-state index contributed by atoms with van der Waals surface area (Å²) >= 11 is 0. The van der Waals surface area contributed by atoms with E-state index in [1.165, 1.54) is 19.2 Å². The van der Waals surface area contributed by atoms with Crippen LogP contribution in [0.15, 0.2) is 36.4 Å². The van der Waals surface area contributed by atoms with Crippen molar-refractivity contribution in [3.05, 3.63) is 53.3 Å². The van der Waals surface area contributed by atoms with Crippen LogP contribution in [0.2, 0.25) is 0 Å². The molecule has 0 atom stereocenters. The van der Waals surface area contributed by atoms with Crippen LogP contribution < -0.4 is 14.8 Å². The highest BCUT2D eigenvalue weighted by Gasteiger charge is 2.13. The molecule has 7 nitrogen and oxygen atoms in total. The summed E-state index contributed by atoms with van der Waals surface area (Å²) in [5, 5.41) is 2.74. The second kappa shape index (κ2) is 7.96. The van der Waals surface area contributed by atoms with E-state index in [1.807, 2.05) is 0 Å². The van der Waals surface area contributed by atoms with Crippen molar-refractivity contribution in [3.8, 4) is 11.5 Å². The summed E-state index contributed by atoms with van der Waals surface area (Å²) in [6.07, 6.45) is 0. The molecule has 126 valence electrons. The zero-order valence-electron chi connectivity index (χ0n) is 13.7. The van der Waals surface area contributed by atoms with Crippen LogP contribution in [0.25, 0.3) is 0 Å². The average Bonchev–Trinajstić information content (AvgIpc) is 2.65. The summed E-state index contributed by atoms with van der Waals surface area (Å²) in [6.45, 7) is 0.226. The molecule has 0 fully saturated rings. The number of rotatable bonds is 6. The van der Waals surface area contributed by atoms with Crippen LogP contribution in [0.1, 0.15) is 26.5 Å². The summed E-state index contributed by atoms with van der Waals surface area (Å²) < 4.78 is 15.0. The van der Waals surface area contributed by atoms with Crippen LogP contribution in [0.3, 0.4) is 0 Å². The molecule has 1 aromatic carbocycles. The maximum absolute atomic E-state index is 12.2. The molecule has 0 saturated carbocycles. The quantitative estimate of drug-likeness (QED) is 0.813. The number of hydrogen-bond acceptors (Lipinski definition) is 6. The molecule has 1 aromatic heterocycles. The van der Waals surface area contributed by atoms with Crippen LogP contribution >= 0.6 is 0 Å². The number of nitrogens with one attached hydrogen (secondary N) is 1. The predicted molar refractivity (Wildman–Crippen MR) is 86.3 cm³/mol. The number of benzene rings is 1. The molecule has 0 aliphatic heterocycles. The molecular formula is C17H18N2O5. The Balaban J connectivity index is 2.12. The number of esters is 1. The highest BCUT2D eigenvalue weighted by Crippen LogP contribution is 2.23. The molecule has 2 rings (SSSR count). The molecule has 0 radical (unpaired) electrons. The largest absolute Gasteiger partial charge is 0.497 e. The van der Waals surface area contributed by atoms with Crippen LogP contribution in [0.4, 0.5) is 0 Å². The monoisotopic (exact) mass is 330 g/mol. The van der Waals surface area contributed by atoms with Gasteiger partial charge in [0.1, 0.15) is 22.9 Å². The molecule has 0 aliphatic carbocycles. The van der Waals surface area contributed by atoms with Gasteiger partial charge in [-0.2, -0.15) is 0 Å². The van der Waals surface area contributed by atoms with Gasteiger partial charge >= 0.3 is 5.97 Å². The topological polar surface area (TPSA) is 86.8 Å². The number of ether oxygens (including phenoxy) is 3. The summed E-state index contributed by atoms with van der Waals surface area (Å²) in [5.41, 5.74) is 0.957. The third-order valence-corrected chi connectivity index (χ3v) is 3.30. The van der Waals surface area contributed by atoms with E-state index in [0.717, 1.165) is 5.56 Å². The van der Waals surface area contributed by atoms with Crippen LogP contribution in [0, 0.1) is 0 Å². The Morgan fingerprint density at radius 2 is 1.79 bits per heavy atom. The highest BCUT2D eigenvalue weighted by atomic mass is 16.5. The van der Waals surface area contributed by atoms with Crippen molar-refractivity contribution in [2.75, 3.05) is 21.3 Å². The molecule has 7 heteroatoms. The van der Waals surface area contributed by atoms with E-state index in [-0.39, 0.29) is 17.9 Å². The van der Waals surface area contributed by atoms with E-state index in [4.69, 9.17) is 9.47 Å². The Morgan fingerprint density at radius 1 is 1.04 bits per heavy atom. The first-order valence-electron chi connectivity index (χ1n) is 7.13. The van der Waals surface area contributed by atoms with Crippen LogP contribution in [-0.4, -0.2) is 38.2 Å². The Kier molecular flexibility index (Phi) is 5.73. The van der Waals surface area contributed by atoms with Crippen LogP contribution in [-0.2, 0) is 11.3 Å². The molecule has 1 heterocycles. The minimum atomic E-state index is -0.598. The van der Waals surface area contributed by atoms with Gasteiger partial charge in [-0.05, 0) is 30.3 Å². The SMILES string of the molecule is COC(=O)c1cccc(C(=O)NCc2cc(OC)ccc2OC)n1. The number of aromatic nitrogens is 1. The predicted octanol–water partition coefficient (Wildman–Crippen LogP) is 1.82. The second-order valence-electron chi connectivity index (χ2n) is 4.76. The van der Waals surface area contributed by atoms with E-state index < -0.39 is 11.9 Å². The van der Waals surface area contributed by atoms with Gasteiger partial charge in [-0.15, -0.1) is 0 Å². The van der Waals surface area contributed by atoms with Crippen molar-refractivity contribution in [3.63, 3.8) is 0 Å². The van der Waals surface area contributed by atoms with E-state index >= 15 is 0 Å². The highest BCUT2D eigenvalue weighted by molar-refractivity contribution is 5.94. The number of pyridine rings is 1. The van der Waals surface area contributed by atoms with Crippen molar-refractivity contribution >= 4 is 11.9 Å². The van der Waals surface area contributed by atoms with Gasteiger partial charge in [0.25, 0.3) is 5.91 Å². The fourth-order valence-corrected chi connectivity index (χ4v) is 2.07. The van der Waals surface area contributed by atoms with Crippen molar-refractivity contribution < 1.29 is 23.8 Å². The smallest absolute Gasteiger partial charge is 0.356 e. The molecule has 0 saturated heterocycles. The van der Waals surface area contributed by atoms with Gasteiger partial charge in [0.2, 0.25) is 0 Å². The lowest BCUT2D eigenvalue weighted by molar-refractivity contribution is 0.0594. The number of carbonyl (C=O) groups is 2. The van der Waals surface area contributed by atoms with E-state index in [0.29, 0.717) is 11.5 Å². The molecule has 2 aromatic rings. The van der Waals surface area contributed by atoms with Crippen molar-refractivity contribution in [2.45, 2.75) is 6.54 Å². The van der Waals surface area contributed by atoms with Gasteiger partial charge in [-0.3, -0.25) is 4.79 Å². The minimum absolute atomic E-state index is 0.0733. The number of methoxy groups -OCH3 is 3. The first kappa shape index (κ1) is 17.3. The number of nitrogens with zero attached hydrogens (tertiary/aromatic N) is 1. The first-order valence-corrected chi connectivity index (χ1v) is 7.13. The first-order chi connectivity index (χ1) is 11.6. The van der Waals surface area contributed by atoms with Crippen molar-refractivity contribution in [1.29, 1.82) is 0 Å². The Bertz CT molecular complexity index is 746. The maximum atomic E-state index is 12.2. The van der Waals surface area contributed by atoms with Gasteiger partial charge < -0.3 is 19.5 Å². The Labute approximate surface area is 139 Å². The lowest BCUT2D eigenvalue weighted by atomic mass is 10.2. The Morgan fingerprint density at radius 3 is 2.46 bits per heavy atom. The Hall–Kier alpha value is -3.09. The molecule has 0 spiro atoms. The maximum Gasteiger partial charge on any atom is 0.356 e. The normalized spacial score (nSPS) is 9.96. The third kappa shape index (κ3) is 4.01. The standard InChI is InChI=1S/C17H18N2O5/c1-22-12-7-8-15(23-2)11(9-12)10-18-16(20)13-5-4-6-14(19-13)17(21)24-3/h4-9H,10H2,1-3H3,(H,18,20). The number of hydrogen-bond donors (Lipinski definition) is 1. The zero-order chi connectivity index (χ0) is 17.5. The van der Waals surface area contributed by atoms with Gasteiger partial charge in [0.05, 0.1) is 21.3 Å². The summed E-state index contributed by atoms with van der Waals surface area (Å²) in [4.78, 5) is 27.7. The second-order valence-corrected chi connectivity index (χ2v) is 4.76. The molecule has 24 heavy (non-hydrogen) atoms. The van der Waals surface area contributed by atoms with Crippen LogP contribution in [0.5, 0.6) is 11.5 Å². The molecule has 1 N–H and O–H groups in total. The summed E-state index contributed by atoms with van der Waals surface area (Å²) in [6, 6.07) is 9.87. The van der Waals surface area contributed by atoms with Gasteiger partial charge in [-0.1, -0.05) is 6.07 Å². The van der Waals surface area contributed by atoms with Gasteiger partial charge in [-0.25, -0.2) is 9.78 Å².